The molecule has 3 aromatic carbocycles. The maximum atomic E-state index is 14.7. The fraction of sp³-hybridized carbons (Fsp3) is 0.520. The van der Waals surface area contributed by atoms with Gasteiger partial charge in [0.15, 0.2) is 11.5 Å². The van der Waals surface area contributed by atoms with Crippen molar-refractivity contribution in [2.75, 3.05) is 51.5 Å². The normalized spacial score (nSPS) is 23.6. The second-order valence-corrected chi connectivity index (χ2v) is 19.2. The van der Waals surface area contributed by atoms with E-state index in [1.54, 1.807) is 22.7 Å². The zero-order chi connectivity index (χ0) is 45.1. The number of unbranched alkanes of at least 4 members (excludes halogenated alkanes) is 2. The number of aliphatic hydroxyl groups excluding tert-OH is 2. The van der Waals surface area contributed by atoms with Crippen LogP contribution < -0.4 is 18.9 Å². The van der Waals surface area contributed by atoms with Crippen LogP contribution in [0.15, 0.2) is 101 Å². The molecule has 1 fully saturated rings. The molecule has 1 saturated carbocycles. The molecular formula is C50H63ClN2O10S. The molecule has 2 aliphatic heterocycles. The van der Waals surface area contributed by atoms with E-state index < -0.39 is 29.4 Å². The van der Waals surface area contributed by atoms with Crippen LogP contribution in [0.5, 0.6) is 23.0 Å². The molecule has 2 aliphatic carbocycles. The number of allylic oxidation sites excluding steroid dienone is 1. The number of carbonyl (C=O) groups is 1. The third-order valence-electron chi connectivity index (χ3n) is 12.1. The Bertz CT molecular complexity index is 2100. The summed E-state index contributed by atoms with van der Waals surface area (Å²) in [6.45, 7) is 10.9. The first kappa shape index (κ1) is 47.6. The zero-order valence-corrected chi connectivity index (χ0v) is 38.8. The Morgan fingerprint density at radius 3 is 2.50 bits per heavy atom. The van der Waals surface area contributed by atoms with Crippen LogP contribution in [0, 0.1) is 17.8 Å². The van der Waals surface area contributed by atoms with E-state index in [4.69, 9.17) is 50.0 Å². The lowest BCUT2D eigenvalue weighted by molar-refractivity contribution is -0.256. The minimum Gasteiger partial charge on any atom is -0.493 e. The summed E-state index contributed by atoms with van der Waals surface area (Å²) in [5, 5.41) is 24.9. The number of thioether (sulfide) groups is 1. The summed E-state index contributed by atoms with van der Waals surface area (Å²) in [5.74, 6) is 1.37. The van der Waals surface area contributed by atoms with Crippen molar-refractivity contribution in [1.29, 1.82) is 0 Å². The van der Waals surface area contributed by atoms with E-state index in [0.29, 0.717) is 42.4 Å². The summed E-state index contributed by atoms with van der Waals surface area (Å²) >= 11 is 7.87. The third kappa shape index (κ3) is 11.2. The molecule has 3 aromatic rings. The number of oxime groups is 1. The standard InChI is InChI=1S/C50H63ClN2O10S/c1-5-24-61-50-45(53(48(56)58-25-21-51)32-34-17-19-43-44(28-34)60-33-59-43)31-41(52-63-49(2,3)4)39-29-35(13-9-11-22-54)38(16-10-12-23-55)46(47(39)50)40-30-36(18-20-42(40)62-50)57-26-27-64-37-14-7-6-8-15-37/h5-8,14-15,17-20,28-30,35,38,45-47,54-55H,1,9-13,16,21-27,31-33H2,2-4H3. The molecule has 0 bridgehead atoms. The first-order chi connectivity index (χ1) is 31.1. The highest BCUT2D eigenvalue weighted by molar-refractivity contribution is 7.99. The van der Waals surface area contributed by atoms with Gasteiger partial charge in [-0.25, -0.2) is 4.79 Å². The number of rotatable bonds is 22. The molecule has 2 N–H and O–H groups in total. The van der Waals surface area contributed by atoms with Crippen molar-refractivity contribution in [3.8, 4) is 23.0 Å². The minimum absolute atomic E-state index is 0.00464. The summed E-state index contributed by atoms with van der Waals surface area (Å²) in [5.41, 5.74) is 2.77. The summed E-state index contributed by atoms with van der Waals surface area (Å²) in [6, 6.07) is 21.1. The topological polar surface area (TPSA) is 138 Å². The lowest BCUT2D eigenvalue weighted by atomic mass is 9.55. The molecule has 64 heavy (non-hydrogen) atoms. The van der Waals surface area contributed by atoms with E-state index >= 15 is 0 Å². The van der Waals surface area contributed by atoms with E-state index in [1.165, 1.54) is 4.90 Å². The molecule has 0 spiro atoms. The van der Waals surface area contributed by atoms with E-state index in [2.05, 4.69) is 30.9 Å². The number of aliphatic hydroxyl groups is 2. The Kier molecular flexibility index (Phi) is 16.5. The molecule has 1 amide bonds. The van der Waals surface area contributed by atoms with Gasteiger partial charge < -0.3 is 43.5 Å². The molecule has 12 nitrogen and oxygen atoms in total. The SMILES string of the molecule is C=CCOC12Oc3ccc(OCCSc4ccccc4)cc3C3C(CCCCO)C(CCCCO)C=C(C(=NOC(C)(C)C)CC1N(Cc1ccc4c(c1)OCO4)C(=O)OCCCl)C32. The summed E-state index contributed by atoms with van der Waals surface area (Å²) < 4.78 is 38.3. The van der Waals surface area contributed by atoms with Gasteiger partial charge in [0, 0.05) is 48.3 Å². The van der Waals surface area contributed by atoms with Crippen LogP contribution in [-0.4, -0.2) is 95.8 Å². The van der Waals surface area contributed by atoms with Crippen LogP contribution in [0.25, 0.3) is 0 Å². The van der Waals surface area contributed by atoms with Crippen molar-refractivity contribution in [3.63, 3.8) is 0 Å². The maximum Gasteiger partial charge on any atom is 0.410 e. The smallest absolute Gasteiger partial charge is 0.410 e. The quantitative estimate of drug-likeness (QED) is 0.0328. The van der Waals surface area contributed by atoms with Gasteiger partial charge in [0.1, 0.15) is 29.7 Å². The van der Waals surface area contributed by atoms with E-state index in [0.717, 1.165) is 53.9 Å². The van der Waals surface area contributed by atoms with Gasteiger partial charge in [0.2, 0.25) is 12.6 Å². The molecule has 14 heteroatoms. The van der Waals surface area contributed by atoms with Crippen molar-refractivity contribution in [3.05, 3.63) is 102 Å². The van der Waals surface area contributed by atoms with Gasteiger partial charge >= 0.3 is 6.09 Å². The minimum atomic E-state index is -1.48. The second-order valence-electron chi connectivity index (χ2n) is 17.6. The molecule has 0 radical (unpaired) electrons. The zero-order valence-electron chi connectivity index (χ0n) is 37.3. The number of nitrogens with zero attached hydrogens (tertiary/aromatic N) is 2. The Labute approximate surface area is 386 Å². The Morgan fingerprint density at radius 1 is 0.984 bits per heavy atom. The Balaban J connectivity index is 1.40. The molecule has 6 atom stereocenters. The molecule has 0 saturated heterocycles. The van der Waals surface area contributed by atoms with Crippen molar-refractivity contribution in [2.45, 2.75) is 101 Å². The van der Waals surface area contributed by atoms with Gasteiger partial charge in [-0.1, -0.05) is 54.4 Å². The van der Waals surface area contributed by atoms with E-state index in [-0.39, 0.29) is 69.8 Å². The van der Waals surface area contributed by atoms with Crippen molar-refractivity contribution < 1.29 is 48.3 Å². The van der Waals surface area contributed by atoms with Crippen molar-refractivity contribution in [2.24, 2.45) is 22.9 Å². The average molecular weight is 920 g/mol. The predicted octanol–water partition coefficient (Wildman–Crippen LogP) is 9.90. The third-order valence-corrected chi connectivity index (χ3v) is 13.3. The van der Waals surface area contributed by atoms with Crippen LogP contribution >= 0.6 is 23.4 Å². The number of alkyl halides is 1. The molecular weight excluding hydrogens is 856 g/mol. The summed E-state index contributed by atoms with van der Waals surface area (Å²) in [7, 11) is 0. The number of carbonyl (C=O) groups excluding carboxylic acids is 1. The van der Waals surface area contributed by atoms with Crippen LogP contribution in [0.3, 0.4) is 0 Å². The van der Waals surface area contributed by atoms with Crippen molar-refractivity contribution in [1.82, 2.24) is 4.90 Å². The monoisotopic (exact) mass is 918 g/mol. The Morgan fingerprint density at radius 2 is 1.75 bits per heavy atom. The molecule has 7 rings (SSSR count). The summed E-state index contributed by atoms with van der Waals surface area (Å²) in [6.07, 6.45) is 8.24. The largest absolute Gasteiger partial charge is 0.493 e. The first-order valence-electron chi connectivity index (χ1n) is 22.5. The highest BCUT2D eigenvalue weighted by atomic mass is 35.5. The van der Waals surface area contributed by atoms with Crippen LogP contribution in [0.4, 0.5) is 4.79 Å². The molecule has 0 aromatic heterocycles. The molecule has 346 valence electrons. The Hall–Kier alpha value is -4.40. The van der Waals surface area contributed by atoms with Gasteiger partial charge in [-0.2, -0.15) is 0 Å². The van der Waals surface area contributed by atoms with E-state index in [1.807, 2.05) is 69.3 Å². The van der Waals surface area contributed by atoms with Crippen molar-refractivity contribution >= 4 is 35.2 Å². The number of hydrogen-bond donors (Lipinski definition) is 2. The molecule has 4 aliphatic rings. The van der Waals surface area contributed by atoms with Gasteiger partial charge in [0.05, 0.1) is 30.7 Å². The van der Waals surface area contributed by atoms with Gasteiger partial charge in [-0.3, -0.25) is 4.90 Å². The fourth-order valence-corrected chi connectivity index (χ4v) is 10.3. The number of fused-ring (bicyclic) bond motifs is 3. The number of amides is 1. The van der Waals surface area contributed by atoms with Gasteiger partial charge in [0.25, 0.3) is 0 Å². The van der Waals surface area contributed by atoms with Crippen LogP contribution in [-0.2, 0) is 20.9 Å². The predicted molar refractivity (Wildman–Crippen MR) is 249 cm³/mol. The highest BCUT2D eigenvalue weighted by Gasteiger charge is 2.65. The lowest BCUT2D eigenvalue weighted by Crippen LogP contribution is -2.70. The molecule has 2 heterocycles. The lowest BCUT2D eigenvalue weighted by Gasteiger charge is -2.60. The van der Waals surface area contributed by atoms with E-state index in [9.17, 15) is 15.0 Å². The molecule has 6 unspecified atom stereocenters. The highest BCUT2D eigenvalue weighted by Crippen LogP contribution is 2.62. The second kappa shape index (κ2) is 22.2. The number of benzene rings is 3. The fourth-order valence-electron chi connectivity index (χ4n) is 9.51. The number of ether oxygens (including phenoxy) is 6. The number of halogens is 1. The average Bonchev–Trinajstić information content (AvgIpc) is 3.77. The van der Waals surface area contributed by atoms with Crippen LogP contribution in [0.1, 0.15) is 82.8 Å². The van der Waals surface area contributed by atoms with Crippen LogP contribution in [0.2, 0.25) is 0 Å². The number of hydrogen-bond acceptors (Lipinski definition) is 12. The van der Waals surface area contributed by atoms with Gasteiger partial charge in [-0.05, 0) is 112 Å². The van der Waals surface area contributed by atoms with Gasteiger partial charge in [-0.15, -0.1) is 29.9 Å². The maximum absolute atomic E-state index is 14.7. The summed E-state index contributed by atoms with van der Waals surface area (Å²) in [4.78, 5) is 23.8. The first-order valence-corrected chi connectivity index (χ1v) is 24.1.